The lowest BCUT2D eigenvalue weighted by Gasteiger charge is -2.05. The van der Waals surface area contributed by atoms with E-state index in [1.165, 1.54) is 16.5 Å². The molecular formula is C19H16N2. The Morgan fingerprint density at radius 2 is 1.38 bits per heavy atom. The Morgan fingerprint density at radius 3 is 2.14 bits per heavy atom. The monoisotopic (exact) mass is 272 g/mol. The van der Waals surface area contributed by atoms with Crippen LogP contribution >= 0.6 is 0 Å². The summed E-state index contributed by atoms with van der Waals surface area (Å²) < 4.78 is 0. The van der Waals surface area contributed by atoms with Crippen molar-refractivity contribution < 1.29 is 0 Å². The van der Waals surface area contributed by atoms with Crippen LogP contribution in [0.3, 0.4) is 0 Å². The molecule has 0 saturated carbocycles. The summed E-state index contributed by atoms with van der Waals surface area (Å²) in [4.78, 5) is 0. The van der Waals surface area contributed by atoms with E-state index in [4.69, 9.17) is 11.0 Å². The molecule has 0 saturated heterocycles. The second kappa shape index (κ2) is 5.68. The number of fused-ring (bicyclic) bond motifs is 1. The maximum absolute atomic E-state index is 8.92. The van der Waals surface area contributed by atoms with Crippen LogP contribution < -0.4 is 5.73 Å². The molecule has 2 nitrogen and oxygen atoms in total. The number of hydrogen-bond donors (Lipinski definition) is 1. The SMILES string of the molecule is N#Cc1ccc2cc(CCc3ccc(N)cc3)ccc2c1. The van der Waals surface area contributed by atoms with E-state index >= 15 is 0 Å². The molecule has 0 radical (unpaired) electrons. The molecule has 2 N–H and O–H groups in total. The molecule has 2 heteroatoms. The van der Waals surface area contributed by atoms with Crippen LogP contribution in [-0.4, -0.2) is 0 Å². The number of anilines is 1. The summed E-state index contributed by atoms with van der Waals surface area (Å²) in [6.07, 6.45) is 2.00. The summed E-state index contributed by atoms with van der Waals surface area (Å²) in [6.45, 7) is 0. The molecule has 0 spiro atoms. The van der Waals surface area contributed by atoms with Crippen LogP contribution in [0.25, 0.3) is 10.8 Å². The minimum absolute atomic E-state index is 0.706. The Bertz CT molecular complexity index is 811. The molecule has 3 aromatic rings. The number of nitrogens with zero attached hydrogens (tertiary/aromatic N) is 1. The number of nitrogen functional groups attached to an aromatic ring is 1. The van der Waals surface area contributed by atoms with E-state index < -0.39 is 0 Å². The second-order valence-electron chi connectivity index (χ2n) is 5.25. The van der Waals surface area contributed by atoms with Crippen molar-refractivity contribution in [3.63, 3.8) is 0 Å². The first-order chi connectivity index (χ1) is 10.2. The Balaban J connectivity index is 1.78. The topological polar surface area (TPSA) is 49.8 Å². The fourth-order valence-corrected chi connectivity index (χ4v) is 2.49. The smallest absolute Gasteiger partial charge is 0.0991 e. The van der Waals surface area contributed by atoms with Crippen molar-refractivity contribution in [2.24, 2.45) is 0 Å². The third-order valence-electron chi connectivity index (χ3n) is 3.72. The van der Waals surface area contributed by atoms with Gasteiger partial charge in [-0.1, -0.05) is 36.4 Å². The summed E-state index contributed by atoms with van der Waals surface area (Å²) in [6, 6.07) is 22.5. The third-order valence-corrected chi connectivity index (χ3v) is 3.72. The van der Waals surface area contributed by atoms with E-state index in [2.05, 4.69) is 36.4 Å². The molecule has 0 amide bonds. The van der Waals surface area contributed by atoms with Crippen molar-refractivity contribution in [2.75, 3.05) is 5.73 Å². The first kappa shape index (κ1) is 13.2. The van der Waals surface area contributed by atoms with Gasteiger partial charge in [0.05, 0.1) is 11.6 Å². The number of aryl methyl sites for hydroxylation is 2. The standard InChI is InChI=1S/C19H16N2/c20-13-16-4-8-17-11-15(3-7-18(17)12-16)2-1-14-5-9-19(21)10-6-14/h3-12H,1-2,21H2. The minimum atomic E-state index is 0.706. The quantitative estimate of drug-likeness (QED) is 0.730. The largest absolute Gasteiger partial charge is 0.399 e. The summed E-state index contributed by atoms with van der Waals surface area (Å²) in [5.74, 6) is 0. The van der Waals surface area contributed by atoms with E-state index in [1.807, 2.05) is 30.3 Å². The zero-order valence-corrected chi connectivity index (χ0v) is 11.7. The van der Waals surface area contributed by atoms with E-state index in [1.54, 1.807) is 0 Å². The van der Waals surface area contributed by atoms with Gasteiger partial charge in [-0.3, -0.25) is 0 Å². The second-order valence-corrected chi connectivity index (χ2v) is 5.25. The third kappa shape index (κ3) is 3.04. The van der Waals surface area contributed by atoms with Crippen LogP contribution in [0.4, 0.5) is 5.69 Å². The number of benzene rings is 3. The maximum Gasteiger partial charge on any atom is 0.0991 e. The molecule has 0 heterocycles. The van der Waals surface area contributed by atoms with Gasteiger partial charge in [0, 0.05) is 5.69 Å². The number of nitrogens with two attached hydrogens (primary N) is 1. The lowest BCUT2D eigenvalue weighted by atomic mass is 10.00. The Hall–Kier alpha value is -2.79. The van der Waals surface area contributed by atoms with E-state index in [9.17, 15) is 0 Å². The van der Waals surface area contributed by atoms with E-state index in [0.717, 1.165) is 23.9 Å². The van der Waals surface area contributed by atoms with Gasteiger partial charge >= 0.3 is 0 Å². The van der Waals surface area contributed by atoms with Crippen LogP contribution in [0.15, 0.2) is 60.7 Å². The molecule has 21 heavy (non-hydrogen) atoms. The summed E-state index contributed by atoms with van der Waals surface area (Å²) in [5, 5.41) is 11.2. The van der Waals surface area contributed by atoms with E-state index in [0.29, 0.717) is 5.56 Å². The van der Waals surface area contributed by atoms with Gasteiger partial charge in [-0.2, -0.15) is 5.26 Å². The van der Waals surface area contributed by atoms with Crippen molar-refractivity contribution in [1.29, 1.82) is 5.26 Å². The first-order valence-electron chi connectivity index (χ1n) is 7.02. The van der Waals surface area contributed by atoms with Gasteiger partial charge < -0.3 is 5.73 Å². The summed E-state index contributed by atoms with van der Waals surface area (Å²) in [5.41, 5.74) is 9.81. The van der Waals surface area contributed by atoms with Crippen molar-refractivity contribution in [1.82, 2.24) is 0 Å². The summed E-state index contributed by atoms with van der Waals surface area (Å²) in [7, 11) is 0. The van der Waals surface area contributed by atoms with Gasteiger partial charge in [-0.25, -0.2) is 0 Å². The first-order valence-corrected chi connectivity index (χ1v) is 7.02. The molecule has 0 atom stereocenters. The number of rotatable bonds is 3. The average Bonchev–Trinajstić information content (AvgIpc) is 2.53. The Morgan fingerprint density at radius 1 is 0.762 bits per heavy atom. The molecule has 0 aromatic heterocycles. The number of hydrogen-bond acceptors (Lipinski definition) is 2. The van der Waals surface area contributed by atoms with Crippen molar-refractivity contribution in [3.8, 4) is 6.07 Å². The molecule has 3 aromatic carbocycles. The van der Waals surface area contributed by atoms with Gasteiger partial charge in [-0.15, -0.1) is 0 Å². The number of nitriles is 1. The Kier molecular flexibility index (Phi) is 3.57. The normalized spacial score (nSPS) is 10.4. The highest BCUT2D eigenvalue weighted by molar-refractivity contribution is 5.84. The zero-order chi connectivity index (χ0) is 14.7. The predicted octanol–water partition coefficient (Wildman–Crippen LogP) is 4.08. The average molecular weight is 272 g/mol. The Labute approximate surface area is 124 Å². The molecule has 3 rings (SSSR count). The van der Waals surface area contributed by atoms with Crippen LogP contribution in [0.1, 0.15) is 16.7 Å². The highest BCUT2D eigenvalue weighted by Crippen LogP contribution is 2.19. The van der Waals surface area contributed by atoms with Crippen molar-refractivity contribution in [3.05, 3.63) is 77.4 Å². The molecule has 0 aliphatic rings. The molecule has 0 bridgehead atoms. The maximum atomic E-state index is 8.92. The van der Waals surface area contributed by atoms with Crippen molar-refractivity contribution >= 4 is 16.5 Å². The van der Waals surface area contributed by atoms with Gasteiger partial charge in [0.15, 0.2) is 0 Å². The minimum Gasteiger partial charge on any atom is -0.399 e. The molecule has 102 valence electrons. The van der Waals surface area contributed by atoms with Crippen LogP contribution in [-0.2, 0) is 12.8 Å². The van der Waals surface area contributed by atoms with Crippen LogP contribution in [0, 0.1) is 11.3 Å². The highest BCUT2D eigenvalue weighted by atomic mass is 14.5. The summed E-state index contributed by atoms with van der Waals surface area (Å²) >= 11 is 0. The molecule has 0 aliphatic heterocycles. The van der Waals surface area contributed by atoms with E-state index in [-0.39, 0.29) is 0 Å². The lowest BCUT2D eigenvalue weighted by molar-refractivity contribution is 0.963. The van der Waals surface area contributed by atoms with Gasteiger partial charge in [0.1, 0.15) is 0 Å². The fraction of sp³-hybridized carbons (Fsp3) is 0.105. The van der Waals surface area contributed by atoms with Gasteiger partial charge in [0.25, 0.3) is 0 Å². The molecule has 0 aliphatic carbocycles. The lowest BCUT2D eigenvalue weighted by Crippen LogP contribution is -1.92. The molecule has 0 unspecified atom stereocenters. The molecular weight excluding hydrogens is 256 g/mol. The molecule has 0 fully saturated rings. The van der Waals surface area contributed by atoms with Gasteiger partial charge in [-0.05, 0) is 59.0 Å². The van der Waals surface area contributed by atoms with Crippen LogP contribution in [0.2, 0.25) is 0 Å². The highest BCUT2D eigenvalue weighted by Gasteiger charge is 2.00. The fourth-order valence-electron chi connectivity index (χ4n) is 2.49. The van der Waals surface area contributed by atoms with Crippen LogP contribution in [0.5, 0.6) is 0 Å². The van der Waals surface area contributed by atoms with Crippen molar-refractivity contribution in [2.45, 2.75) is 12.8 Å². The predicted molar refractivity (Wildman–Crippen MR) is 86.9 cm³/mol. The zero-order valence-electron chi connectivity index (χ0n) is 11.7. The van der Waals surface area contributed by atoms with Gasteiger partial charge in [0.2, 0.25) is 0 Å².